The van der Waals surface area contributed by atoms with E-state index in [-0.39, 0.29) is 42.5 Å². The second-order valence-electron chi connectivity index (χ2n) is 13.0. The third-order valence-electron chi connectivity index (χ3n) is 9.81. The van der Waals surface area contributed by atoms with Crippen LogP contribution in [0, 0.1) is 23.6 Å². The second kappa shape index (κ2) is 15.0. The van der Waals surface area contributed by atoms with Crippen molar-refractivity contribution in [1.82, 2.24) is 0 Å². The van der Waals surface area contributed by atoms with E-state index in [2.05, 4.69) is 11.7 Å². The number of halogens is 6. The molecular weight excluding hydrogens is 598 g/mol. The fraction of sp³-hybridized carbons (Fsp3) is 0.657. The fourth-order valence-electron chi connectivity index (χ4n) is 7.22. The molecule has 45 heavy (non-hydrogen) atoms. The molecule has 3 aliphatic rings. The Hall–Kier alpha value is -2.46. The zero-order valence-corrected chi connectivity index (χ0v) is 25.8. The highest BCUT2D eigenvalue weighted by Gasteiger charge is 2.44. The lowest BCUT2D eigenvalue weighted by molar-refractivity contribution is -0.274. The number of alkyl halides is 5. The molecule has 0 amide bonds. The van der Waals surface area contributed by atoms with Crippen LogP contribution in [0.1, 0.15) is 107 Å². The van der Waals surface area contributed by atoms with Crippen molar-refractivity contribution in [1.29, 1.82) is 0 Å². The van der Waals surface area contributed by atoms with Crippen LogP contribution in [0.2, 0.25) is 0 Å². The molecule has 250 valence electrons. The summed E-state index contributed by atoms with van der Waals surface area (Å²) in [6, 6.07) is 9.35. The quantitative estimate of drug-likeness (QED) is 0.181. The highest BCUT2D eigenvalue weighted by Crippen LogP contribution is 2.45. The minimum atomic E-state index is -4.87. The Morgan fingerprint density at radius 2 is 1.33 bits per heavy atom. The molecule has 0 N–H and O–H groups in total. The molecule has 1 saturated heterocycles. The molecule has 10 heteroatoms. The first-order valence-corrected chi connectivity index (χ1v) is 16.5. The van der Waals surface area contributed by atoms with Crippen LogP contribution in [0.5, 0.6) is 11.5 Å². The van der Waals surface area contributed by atoms with Gasteiger partial charge in [0, 0.05) is 11.8 Å². The summed E-state index contributed by atoms with van der Waals surface area (Å²) in [5.74, 6) is -1.17. The van der Waals surface area contributed by atoms with Crippen molar-refractivity contribution < 1.29 is 45.3 Å². The molecule has 1 heterocycles. The molecule has 0 radical (unpaired) electrons. The molecule has 2 aliphatic carbocycles. The molecule has 3 fully saturated rings. The van der Waals surface area contributed by atoms with Crippen LogP contribution in [-0.2, 0) is 9.47 Å². The molecular formula is C35H44F6O4. The molecule has 2 aromatic carbocycles. The van der Waals surface area contributed by atoms with Crippen LogP contribution in [0.15, 0.2) is 42.5 Å². The predicted molar refractivity (Wildman–Crippen MR) is 158 cm³/mol. The molecule has 0 atom stereocenters. The van der Waals surface area contributed by atoms with Crippen molar-refractivity contribution in [2.75, 3.05) is 13.2 Å². The van der Waals surface area contributed by atoms with Gasteiger partial charge in [-0.15, -0.1) is 13.2 Å². The number of ether oxygens (including phenoxy) is 4. The SMILES string of the molecule is CCCCCC1COC(C2CCC(c3ccc(C4CCC(C(F)(F)Oc5ccc(OC(F)(F)F)cc5)CC4)c(F)c3)CC2)OC1. The Balaban J connectivity index is 1.07. The van der Waals surface area contributed by atoms with Gasteiger partial charge < -0.3 is 18.9 Å². The van der Waals surface area contributed by atoms with Crippen LogP contribution >= 0.6 is 0 Å². The number of hydrogen-bond acceptors (Lipinski definition) is 4. The van der Waals surface area contributed by atoms with E-state index in [1.54, 1.807) is 6.07 Å². The van der Waals surface area contributed by atoms with Gasteiger partial charge in [-0.05, 0) is 111 Å². The van der Waals surface area contributed by atoms with Gasteiger partial charge in [0.2, 0.25) is 0 Å². The van der Waals surface area contributed by atoms with Crippen molar-refractivity contribution in [3.63, 3.8) is 0 Å². The van der Waals surface area contributed by atoms with Gasteiger partial charge >= 0.3 is 12.5 Å². The van der Waals surface area contributed by atoms with E-state index in [0.717, 1.165) is 75.1 Å². The summed E-state index contributed by atoms with van der Waals surface area (Å²) in [4.78, 5) is 0. The Bertz CT molecular complexity index is 1200. The summed E-state index contributed by atoms with van der Waals surface area (Å²) < 4.78 is 103. The number of unbranched alkanes of at least 4 members (excludes halogenated alkanes) is 2. The molecule has 4 nitrogen and oxygen atoms in total. The lowest BCUT2D eigenvalue weighted by atomic mass is 9.76. The monoisotopic (exact) mass is 642 g/mol. The van der Waals surface area contributed by atoms with E-state index in [4.69, 9.17) is 14.2 Å². The Morgan fingerprint density at radius 3 is 1.91 bits per heavy atom. The van der Waals surface area contributed by atoms with E-state index in [9.17, 15) is 22.0 Å². The third-order valence-corrected chi connectivity index (χ3v) is 9.81. The van der Waals surface area contributed by atoms with Gasteiger partial charge in [0.25, 0.3) is 0 Å². The van der Waals surface area contributed by atoms with Crippen molar-refractivity contribution in [3.8, 4) is 11.5 Å². The summed E-state index contributed by atoms with van der Waals surface area (Å²) >= 11 is 0. The number of rotatable bonds is 11. The maximum atomic E-state index is 15.4. The van der Waals surface area contributed by atoms with Crippen molar-refractivity contribution in [3.05, 3.63) is 59.4 Å². The zero-order valence-electron chi connectivity index (χ0n) is 25.8. The normalized spacial score (nSPS) is 28.1. The van der Waals surface area contributed by atoms with Crippen molar-refractivity contribution >= 4 is 0 Å². The lowest BCUT2D eigenvalue weighted by Gasteiger charge is -2.38. The summed E-state index contributed by atoms with van der Waals surface area (Å²) in [7, 11) is 0. The summed E-state index contributed by atoms with van der Waals surface area (Å²) in [5.41, 5.74) is 1.55. The van der Waals surface area contributed by atoms with Gasteiger partial charge in [-0.1, -0.05) is 38.3 Å². The first kappa shape index (κ1) is 33.9. The Morgan fingerprint density at radius 1 is 0.733 bits per heavy atom. The van der Waals surface area contributed by atoms with Gasteiger partial charge in [-0.3, -0.25) is 0 Å². The zero-order chi connectivity index (χ0) is 32.0. The standard InChI is InChI=1S/C35H44F6O4/c1-2-3-4-5-23-21-42-33(43-22-23)26-8-6-24(7-9-26)27-12-19-31(32(36)20-27)25-10-13-28(14-11-25)34(37,38)44-29-15-17-30(18-16-29)45-35(39,40)41/h12,15-20,23-26,28,33H,2-11,13-14,21-22H2,1H3. The van der Waals surface area contributed by atoms with Crippen LogP contribution in [0.25, 0.3) is 0 Å². The summed E-state index contributed by atoms with van der Waals surface area (Å²) in [6.07, 6.45) is 1.23. The first-order chi connectivity index (χ1) is 21.5. The van der Waals surface area contributed by atoms with E-state index in [1.807, 2.05) is 12.1 Å². The molecule has 0 spiro atoms. The molecule has 2 saturated carbocycles. The highest BCUT2D eigenvalue weighted by atomic mass is 19.4. The van der Waals surface area contributed by atoms with Crippen LogP contribution in [0.4, 0.5) is 26.3 Å². The van der Waals surface area contributed by atoms with E-state index in [0.29, 0.717) is 30.2 Å². The second-order valence-corrected chi connectivity index (χ2v) is 13.0. The molecule has 0 aromatic heterocycles. The minimum Gasteiger partial charge on any atom is -0.432 e. The number of hydrogen-bond donors (Lipinski definition) is 0. The lowest BCUT2D eigenvalue weighted by Crippen LogP contribution is -2.38. The van der Waals surface area contributed by atoms with Gasteiger partial charge in [0.05, 0.1) is 19.1 Å². The van der Waals surface area contributed by atoms with Gasteiger partial charge in [0.15, 0.2) is 6.29 Å². The molecule has 1 aliphatic heterocycles. The number of benzene rings is 2. The molecule has 0 bridgehead atoms. The summed E-state index contributed by atoms with van der Waals surface area (Å²) in [6.45, 7) is 3.74. The van der Waals surface area contributed by atoms with Crippen LogP contribution in [-0.4, -0.2) is 32.0 Å². The predicted octanol–water partition coefficient (Wildman–Crippen LogP) is 10.5. The molecule has 5 rings (SSSR count). The topological polar surface area (TPSA) is 36.9 Å². The van der Waals surface area contributed by atoms with Gasteiger partial charge in [-0.25, -0.2) is 4.39 Å². The minimum absolute atomic E-state index is 0.140. The summed E-state index contributed by atoms with van der Waals surface area (Å²) in [5, 5.41) is 0. The average Bonchev–Trinajstić information content (AvgIpc) is 3.02. The molecule has 2 aromatic rings. The van der Waals surface area contributed by atoms with Gasteiger partial charge in [0.1, 0.15) is 17.3 Å². The van der Waals surface area contributed by atoms with Crippen molar-refractivity contribution in [2.45, 2.75) is 115 Å². The smallest absolute Gasteiger partial charge is 0.432 e. The van der Waals surface area contributed by atoms with E-state index < -0.39 is 24.1 Å². The van der Waals surface area contributed by atoms with E-state index in [1.165, 1.54) is 19.3 Å². The van der Waals surface area contributed by atoms with Crippen LogP contribution in [0.3, 0.4) is 0 Å². The first-order valence-electron chi connectivity index (χ1n) is 16.5. The average molecular weight is 643 g/mol. The third kappa shape index (κ3) is 9.31. The Kier molecular flexibility index (Phi) is 11.3. The maximum absolute atomic E-state index is 15.4. The largest absolute Gasteiger partial charge is 0.573 e. The van der Waals surface area contributed by atoms with E-state index >= 15 is 4.39 Å². The van der Waals surface area contributed by atoms with Gasteiger partial charge in [-0.2, -0.15) is 8.78 Å². The fourth-order valence-corrected chi connectivity index (χ4v) is 7.22. The van der Waals surface area contributed by atoms with Crippen molar-refractivity contribution in [2.24, 2.45) is 17.8 Å². The molecule has 0 unspecified atom stereocenters. The Labute approximate surface area is 261 Å². The highest BCUT2D eigenvalue weighted by molar-refractivity contribution is 5.32. The van der Waals surface area contributed by atoms with Crippen LogP contribution < -0.4 is 9.47 Å². The maximum Gasteiger partial charge on any atom is 0.573 e.